The van der Waals surface area contributed by atoms with E-state index in [9.17, 15) is 9.18 Å². The third kappa shape index (κ3) is 3.20. The average Bonchev–Trinajstić information content (AvgIpc) is 2.37. The van der Waals surface area contributed by atoms with Crippen molar-refractivity contribution in [1.29, 1.82) is 0 Å². The van der Waals surface area contributed by atoms with Crippen LogP contribution in [0.2, 0.25) is 0 Å². The molecule has 18 heavy (non-hydrogen) atoms. The molecule has 1 N–H and O–H groups in total. The van der Waals surface area contributed by atoms with E-state index in [1.165, 1.54) is 13.0 Å². The molecule has 1 aromatic rings. The molecular formula is C13H17FN2O2. The zero-order chi connectivity index (χ0) is 13.0. The van der Waals surface area contributed by atoms with Crippen molar-refractivity contribution >= 4 is 11.6 Å². The summed E-state index contributed by atoms with van der Waals surface area (Å²) in [6.45, 7) is 4.48. The van der Waals surface area contributed by atoms with Gasteiger partial charge in [-0.2, -0.15) is 0 Å². The number of rotatable bonds is 3. The number of carbonyl (C=O) groups excluding carboxylic acids is 1. The van der Waals surface area contributed by atoms with Crippen LogP contribution in [0.15, 0.2) is 18.2 Å². The third-order valence-corrected chi connectivity index (χ3v) is 2.91. The van der Waals surface area contributed by atoms with Crippen molar-refractivity contribution in [1.82, 2.24) is 5.32 Å². The average molecular weight is 252 g/mol. The van der Waals surface area contributed by atoms with Crippen LogP contribution in [-0.4, -0.2) is 32.2 Å². The molecule has 2 rings (SSSR count). The molecule has 0 bridgehead atoms. The first-order chi connectivity index (χ1) is 8.66. The Balaban J connectivity index is 2.06. The summed E-state index contributed by atoms with van der Waals surface area (Å²) in [4.78, 5) is 12.8. The summed E-state index contributed by atoms with van der Waals surface area (Å²) < 4.78 is 19.2. The van der Waals surface area contributed by atoms with Gasteiger partial charge in [0.1, 0.15) is 5.82 Å². The predicted molar refractivity (Wildman–Crippen MR) is 67.0 cm³/mol. The summed E-state index contributed by atoms with van der Waals surface area (Å²) in [6.07, 6.45) is 0. The number of nitrogens with zero attached hydrogens (tertiary/aromatic N) is 1. The summed E-state index contributed by atoms with van der Waals surface area (Å²) in [6, 6.07) is 5.07. The molecule has 1 aliphatic heterocycles. The van der Waals surface area contributed by atoms with Crippen molar-refractivity contribution in [2.24, 2.45) is 0 Å². The van der Waals surface area contributed by atoms with Crippen LogP contribution in [0.3, 0.4) is 0 Å². The van der Waals surface area contributed by atoms with Crippen molar-refractivity contribution in [3.05, 3.63) is 29.6 Å². The quantitative estimate of drug-likeness (QED) is 0.881. The molecule has 0 aliphatic carbocycles. The van der Waals surface area contributed by atoms with E-state index in [0.717, 1.165) is 5.56 Å². The van der Waals surface area contributed by atoms with Gasteiger partial charge in [-0.15, -0.1) is 0 Å². The van der Waals surface area contributed by atoms with Gasteiger partial charge in [0.25, 0.3) is 0 Å². The van der Waals surface area contributed by atoms with Crippen LogP contribution in [0.5, 0.6) is 0 Å². The molecular weight excluding hydrogens is 235 g/mol. The van der Waals surface area contributed by atoms with Gasteiger partial charge in [-0.05, 0) is 17.7 Å². The van der Waals surface area contributed by atoms with E-state index in [2.05, 4.69) is 5.32 Å². The molecule has 0 unspecified atom stereocenters. The van der Waals surface area contributed by atoms with E-state index < -0.39 is 0 Å². The molecule has 1 fully saturated rings. The Kier molecular flexibility index (Phi) is 4.15. The van der Waals surface area contributed by atoms with E-state index >= 15 is 0 Å². The molecule has 0 radical (unpaired) electrons. The van der Waals surface area contributed by atoms with Crippen LogP contribution in [0, 0.1) is 5.82 Å². The van der Waals surface area contributed by atoms with Crippen molar-refractivity contribution in [2.45, 2.75) is 13.5 Å². The lowest BCUT2D eigenvalue weighted by Crippen LogP contribution is -2.36. The largest absolute Gasteiger partial charge is 0.378 e. The lowest BCUT2D eigenvalue weighted by Gasteiger charge is -2.29. The molecule has 5 heteroatoms. The number of benzene rings is 1. The maximum atomic E-state index is 14.0. The number of halogens is 1. The van der Waals surface area contributed by atoms with E-state index in [0.29, 0.717) is 38.5 Å². The van der Waals surface area contributed by atoms with Crippen LogP contribution in [0.4, 0.5) is 10.1 Å². The first-order valence-electron chi connectivity index (χ1n) is 6.02. The van der Waals surface area contributed by atoms with Crippen molar-refractivity contribution in [3.8, 4) is 0 Å². The van der Waals surface area contributed by atoms with Gasteiger partial charge in [0.05, 0.1) is 18.9 Å². The van der Waals surface area contributed by atoms with Crippen LogP contribution in [0.1, 0.15) is 12.5 Å². The highest BCUT2D eigenvalue weighted by atomic mass is 19.1. The van der Waals surface area contributed by atoms with E-state index in [1.807, 2.05) is 11.0 Å². The number of anilines is 1. The van der Waals surface area contributed by atoms with Gasteiger partial charge >= 0.3 is 0 Å². The van der Waals surface area contributed by atoms with E-state index in [-0.39, 0.29) is 11.7 Å². The van der Waals surface area contributed by atoms with Gasteiger partial charge in [-0.25, -0.2) is 4.39 Å². The third-order valence-electron chi connectivity index (χ3n) is 2.91. The fourth-order valence-corrected chi connectivity index (χ4v) is 1.95. The molecule has 0 saturated carbocycles. The van der Waals surface area contributed by atoms with Gasteiger partial charge < -0.3 is 15.0 Å². The first-order valence-corrected chi connectivity index (χ1v) is 6.02. The van der Waals surface area contributed by atoms with Crippen LogP contribution < -0.4 is 10.2 Å². The predicted octanol–water partition coefficient (Wildman–Crippen LogP) is 1.30. The monoisotopic (exact) mass is 252 g/mol. The maximum absolute atomic E-state index is 14.0. The zero-order valence-corrected chi connectivity index (χ0v) is 10.4. The summed E-state index contributed by atoms with van der Waals surface area (Å²) >= 11 is 0. The van der Waals surface area contributed by atoms with Crippen molar-refractivity contribution < 1.29 is 13.9 Å². The number of amides is 1. The van der Waals surface area contributed by atoms with Gasteiger partial charge in [-0.3, -0.25) is 4.79 Å². The molecule has 4 nitrogen and oxygen atoms in total. The number of ether oxygens (including phenoxy) is 1. The van der Waals surface area contributed by atoms with Gasteiger partial charge in [-0.1, -0.05) is 6.07 Å². The van der Waals surface area contributed by atoms with Gasteiger partial charge in [0, 0.05) is 26.6 Å². The second-order valence-corrected chi connectivity index (χ2v) is 4.29. The second kappa shape index (κ2) is 5.82. The molecule has 1 heterocycles. The maximum Gasteiger partial charge on any atom is 0.217 e. The molecule has 0 atom stereocenters. The molecule has 1 aromatic carbocycles. The SMILES string of the molecule is CC(=O)NCc1ccc(N2CCOCC2)c(F)c1. The lowest BCUT2D eigenvalue weighted by molar-refractivity contribution is -0.119. The fourth-order valence-electron chi connectivity index (χ4n) is 1.95. The Morgan fingerprint density at radius 3 is 2.78 bits per heavy atom. The minimum atomic E-state index is -0.250. The second-order valence-electron chi connectivity index (χ2n) is 4.29. The summed E-state index contributed by atoms with van der Waals surface area (Å²) in [7, 11) is 0. The molecule has 1 saturated heterocycles. The molecule has 1 amide bonds. The number of hydrogen-bond donors (Lipinski definition) is 1. The molecule has 0 spiro atoms. The molecule has 0 aromatic heterocycles. The number of nitrogens with one attached hydrogen (secondary N) is 1. The first kappa shape index (κ1) is 12.8. The lowest BCUT2D eigenvalue weighted by atomic mass is 10.1. The standard InChI is InChI=1S/C13H17FN2O2/c1-10(17)15-9-11-2-3-13(12(14)8-11)16-4-6-18-7-5-16/h2-3,8H,4-7,9H2,1H3,(H,15,17). The van der Waals surface area contributed by atoms with Crippen molar-refractivity contribution in [3.63, 3.8) is 0 Å². The minimum absolute atomic E-state index is 0.118. The van der Waals surface area contributed by atoms with Crippen molar-refractivity contribution in [2.75, 3.05) is 31.2 Å². The Bertz CT molecular complexity index is 431. The molecule has 1 aliphatic rings. The van der Waals surface area contributed by atoms with Crippen LogP contribution in [0.25, 0.3) is 0 Å². The minimum Gasteiger partial charge on any atom is -0.378 e. The fraction of sp³-hybridized carbons (Fsp3) is 0.462. The topological polar surface area (TPSA) is 41.6 Å². The summed E-state index contributed by atoms with van der Waals surface area (Å²) in [5.41, 5.74) is 1.37. The normalized spacial score (nSPS) is 15.6. The Labute approximate surface area is 106 Å². The van der Waals surface area contributed by atoms with Crippen LogP contribution >= 0.6 is 0 Å². The van der Waals surface area contributed by atoms with Gasteiger partial charge in [0.15, 0.2) is 0 Å². The van der Waals surface area contributed by atoms with Crippen LogP contribution in [-0.2, 0) is 16.1 Å². The highest BCUT2D eigenvalue weighted by molar-refractivity contribution is 5.72. The molecule has 98 valence electrons. The number of carbonyl (C=O) groups is 1. The zero-order valence-electron chi connectivity index (χ0n) is 10.4. The Morgan fingerprint density at radius 1 is 1.44 bits per heavy atom. The number of morpholine rings is 1. The summed E-state index contributed by atoms with van der Waals surface area (Å²) in [5, 5.41) is 2.65. The smallest absolute Gasteiger partial charge is 0.217 e. The number of hydrogen-bond acceptors (Lipinski definition) is 3. The van der Waals surface area contributed by atoms with E-state index in [1.54, 1.807) is 6.07 Å². The Hall–Kier alpha value is -1.62. The Morgan fingerprint density at radius 2 is 2.17 bits per heavy atom. The van der Waals surface area contributed by atoms with E-state index in [4.69, 9.17) is 4.74 Å². The highest BCUT2D eigenvalue weighted by Gasteiger charge is 2.15. The highest BCUT2D eigenvalue weighted by Crippen LogP contribution is 2.21. The van der Waals surface area contributed by atoms with Gasteiger partial charge in [0.2, 0.25) is 5.91 Å². The summed E-state index contributed by atoms with van der Waals surface area (Å²) in [5.74, 6) is -0.368.